The summed E-state index contributed by atoms with van der Waals surface area (Å²) in [6, 6.07) is 7.51. The summed E-state index contributed by atoms with van der Waals surface area (Å²) in [5, 5.41) is 1.64. The highest BCUT2D eigenvalue weighted by atomic mass is 35.5. The maximum Gasteiger partial charge on any atom is 0.270 e. The van der Waals surface area contributed by atoms with Gasteiger partial charge in [-0.2, -0.15) is 0 Å². The van der Waals surface area contributed by atoms with Gasteiger partial charge >= 0.3 is 0 Å². The highest BCUT2D eigenvalue weighted by Gasteiger charge is 2.45. The summed E-state index contributed by atoms with van der Waals surface area (Å²) in [4.78, 5) is 28.2. The van der Waals surface area contributed by atoms with Crippen LogP contribution in [0.1, 0.15) is 16.9 Å². The summed E-state index contributed by atoms with van der Waals surface area (Å²) in [5.41, 5.74) is 1.13. The van der Waals surface area contributed by atoms with Gasteiger partial charge in [-0.3, -0.25) is 9.59 Å². The van der Waals surface area contributed by atoms with Crippen molar-refractivity contribution < 1.29 is 14.3 Å². The Kier molecular flexibility index (Phi) is 3.77. The average Bonchev–Trinajstić information content (AvgIpc) is 3.13. The zero-order chi connectivity index (χ0) is 17.8. The smallest absolute Gasteiger partial charge is 0.270 e. The van der Waals surface area contributed by atoms with Crippen LogP contribution in [0.25, 0.3) is 10.9 Å². The zero-order valence-electron chi connectivity index (χ0n) is 14.3. The molecule has 0 radical (unpaired) electrons. The van der Waals surface area contributed by atoms with E-state index < -0.39 is 5.60 Å². The SMILES string of the molecule is CN1CC2(CCN(C(=O)c3cc4ccc(Cl)cc4n3C)C2)OCC1=O. The summed E-state index contributed by atoms with van der Waals surface area (Å²) < 4.78 is 7.70. The van der Waals surface area contributed by atoms with E-state index in [0.717, 1.165) is 17.3 Å². The van der Waals surface area contributed by atoms with Crippen LogP contribution < -0.4 is 0 Å². The van der Waals surface area contributed by atoms with Gasteiger partial charge in [0.15, 0.2) is 0 Å². The van der Waals surface area contributed by atoms with Gasteiger partial charge in [-0.25, -0.2) is 0 Å². The van der Waals surface area contributed by atoms with Gasteiger partial charge in [-0.05, 0) is 24.6 Å². The van der Waals surface area contributed by atoms with Gasteiger partial charge in [0, 0.05) is 36.6 Å². The zero-order valence-corrected chi connectivity index (χ0v) is 15.0. The van der Waals surface area contributed by atoms with E-state index in [1.807, 2.05) is 40.8 Å². The number of likely N-dealkylation sites (tertiary alicyclic amines) is 1. The number of aryl methyl sites for hydroxylation is 1. The monoisotopic (exact) mass is 361 g/mol. The number of fused-ring (bicyclic) bond motifs is 1. The molecule has 0 aliphatic carbocycles. The molecule has 1 spiro atoms. The predicted octanol–water partition coefficient (Wildman–Crippen LogP) is 1.91. The molecule has 4 rings (SSSR count). The number of ether oxygens (including phenoxy) is 1. The topological polar surface area (TPSA) is 54.8 Å². The number of carbonyl (C=O) groups is 2. The Morgan fingerprint density at radius 3 is 2.80 bits per heavy atom. The van der Waals surface area contributed by atoms with Gasteiger partial charge < -0.3 is 19.1 Å². The third kappa shape index (κ3) is 2.69. The summed E-state index contributed by atoms with van der Waals surface area (Å²) in [5.74, 6) is -0.0317. The molecule has 0 saturated carbocycles. The van der Waals surface area contributed by atoms with E-state index >= 15 is 0 Å². The van der Waals surface area contributed by atoms with E-state index in [-0.39, 0.29) is 18.4 Å². The van der Waals surface area contributed by atoms with Crippen LogP contribution in [0.4, 0.5) is 0 Å². The molecule has 6 nitrogen and oxygen atoms in total. The van der Waals surface area contributed by atoms with Crippen molar-refractivity contribution in [2.75, 3.05) is 33.3 Å². The summed E-state index contributed by atoms with van der Waals surface area (Å²) >= 11 is 6.07. The van der Waals surface area contributed by atoms with Gasteiger partial charge in [0.1, 0.15) is 17.9 Å². The summed E-state index contributed by atoms with van der Waals surface area (Å²) in [6.07, 6.45) is 0.742. The van der Waals surface area contributed by atoms with Crippen LogP contribution in [0.3, 0.4) is 0 Å². The summed E-state index contributed by atoms with van der Waals surface area (Å²) in [6.45, 7) is 1.75. The van der Waals surface area contributed by atoms with Crippen LogP contribution in [-0.2, 0) is 16.6 Å². The third-order valence-corrected chi connectivity index (χ3v) is 5.52. The van der Waals surface area contributed by atoms with Crippen molar-refractivity contribution in [3.8, 4) is 0 Å². The number of likely N-dealkylation sites (N-methyl/N-ethyl adjacent to an activating group) is 1. The van der Waals surface area contributed by atoms with E-state index in [9.17, 15) is 9.59 Å². The normalized spacial score (nSPS) is 23.9. The van der Waals surface area contributed by atoms with E-state index in [1.165, 1.54) is 0 Å². The van der Waals surface area contributed by atoms with E-state index in [1.54, 1.807) is 11.9 Å². The molecule has 2 amide bonds. The lowest BCUT2D eigenvalue weighted by Gasteiger charge is -2.38. The van der Waals surface area contributed by atoms with E-state index in [0.29, 0.717) is 30.4 Å². The second-order valence-electron chi connectivity index (χ2n) is 6.99. The highest BCUT2D eigenvalue weighted by Crippen LogP contribution is 2.31. The number of rotatable bonds is 1. The standard InChI is InChI=1S/C18H20ClN3O3/c1-20-10-18(25-9-16(20)23)5-6-22(11-18)17(24)15-7-12-3-4-13(19)8-14(12)21(15)2/h3-4,7-8H,5-6,9-11H2,1-2H3. The van der Waals surface area contributed by atoms with Crippen molar-refractivity contribution >= 4 is 34.3 Å². The maximum atomic E-state index is 13.0. The quantitative estimate of drug-likeness (QED) is 0.779. The lowest BCUT2D eigenvalue weighted by molar-refractivity contribution is -0.158. The van der Waals surface area contributed by atoms with Crippen molar-refractivity contribution in [2.24, 2.45) is 7.05 Å². The molecule has 1 atom stereocenters. The Morgan fingerprint density at radius 1 is 1.24 bits per heavy atom. The molecule has 3 heterocycles. The number of amides is 2. The van der Waals surface area contributed by atoms with Crippen LogP contribution in [0.15, 0.2) is 24.3 Å². The summed E-state index contributed by atoms with van der Waals surface area (Å²) in [7, 11) is 3.66. The van der Waals surface area contributed by atoms with E-state index in [4.69, 9.17) is 16.3 Å². The van der Waals surface area contributed by atoms with E-state index in [2.05, 4.69) is 0 Å². The maximum absolute atomic E-state index is 13.0. The van der Waals surface area contributed by atoms with Gasteiger partial charge in [-0.1, -0.05) is 17.7 Å². The van der Waals surface area contributed by atoms with Gasteiger partial charge in [-0.15, -0.1) is 0 Å². The molecular weight excluding hydrogens is 342 g/mol. The third-order valence-electron chi connectivity index (χ3n) is 5.28. The minimum atomic E-state index is -0.438. The van der Waals surface area contributed by atoms with Crippen molar-refractivity contribution in [1.82, 2.24) is 14.4 Å². The largest absolute Gasteiger partial charge is 0.361 e. The molecule has 2 aliphatic rings. The van der Waals surface area contributed by atoms with Gasteiger partial charge in [0.05, 0.1) is 13.1 Å². The fraction of sp³-hybridized carbons (Fsp3) is 0.444. The van der Waals surface area contributed by atoms with Crippen LogP contribution in [0.2, 0.25) is 5.02 Å². The Hall–Kier alpha value is -2.05. The van der Waals surface area contributed by atoms with Crippen molar-refractivity contribution in [1.29, 1.82) is 0 Å². The van der Waals surface area contributed by atoms with Crippen molar-refractivity contribution in [3.63, 3.8) is 0 Å². The number of hydrogen-bond acceptors (Lipinski definition) is 3. The minimum absolute atomic E-state index is 0.0130. The van der Waals surface area contributed by atoms with Gasteiger partial charge in [0.2, 0.25) is 5.91 Å². The minimum Gasteiger partial charge on any atom is -0.361 e. The first-order chi connectivity index (χ1) is 11.9. The number of morpholine rings is 1. The molecule has 0 N–H and O–H groups in total. The Morgan fingerprint density at radius 2 is 2.04 bits per heavy atom. The number of benzene rings is 1. The molecule has 2 aromatic rings. The number of halogens is 1. The number of nitrogens with zero attached hydrogens (tertiary/aromatic N) is 3. The first-order valence-corrected chi connectivity index (χ1v) is 8.69. The molecule has 0 bridgehead atoms. The van der Waals surface area contributed by atoms with Gasteiger partial charge in [0.25, 0.3) is 5.91 Å². The lowest BCUT2D eigenvalue weighted by atomic mass is 10.0. The molecular formula is C18H20ClN3O3. The van der Waals surface area contributed by atoms with Crippen molar-refractivity contribution in [2.45, 2.75) is 12.0 Å². The molecule has 2 fully saturated rings. The first kappa shape index (κ1) is 16.4. The number of hydrogen-bond donors (Lipinski definition) is 0. The Bertz CT molecular complexity index is 878. The fourth-order valence-electron chi connectivity index (χ4n) is 3.83. The molecule has 1 unspecified atom stereocenters. The number of carbonyl (C=O) groups excluding carboxylic acids is 2. The molecule has 132 valence electrons. The molecule has 2 aliphatic heterocycles. The molecule has 25 heavy (non-hydrogen) atoms. The van der Waals surface area contributed by atoms with Crippen LogP contribution >= 0.6 is 11.6 Å². The van der Waals surface area contributed by atoms with Crippen LogP contribution in [-0.4, -0.2) is 65.1 Å². The molecule has 2 saturated heterocycles. The van der Waals surface area contributed by atoms with Crippen LogP contribution in [0, 0.1) is 0 Å². The number of aromatic nitrogens is 1. The fourth-order valence-corrected chi connectivity index (χ4v) is 3.99. The Labute approximate surface area is 150 Å². The highest BCUT2D eigenvalue weighted by molar-refractivity contribution is 6.31. The molecule has 1 aromatic carbocycles. The predicted molar refractivity (Wildman–Crippen MR) is 94.8 cm³/mol. The van der Waals surface area contributed by atoms with Crippen molar-refractivity contribution in [3.05, 3.63) is 35.0 Å². The molecule has 7 heteroatoms. The molecule has 1 aromatic heterocycles. The lowest BCUT2D eigenvalue weighted by Crippen LogP contribution is -2.54. The van der Waals surface area contributed by atoms with Crippen LogP contribution in [0.5, 0.6) is 0 Å². The Balaban J connectivity index is 1.58. The average molecular weight is 362 g/mol. The second kappa shape index (κ2) is 5.75. The first-order valence-electron chi connectivity index (χ1n) is 8.31. The second-order valence-corrected chi connectivity index (χ2v) is 7.43.